The van der Waals surface area contributed by atoms with Crippen LogP contribution in [0.25, 0.3) is 0 Å². The third-order valence-electron chi connectivity index (χ3n) is 4.21. The Morgan fingerprint density at radius 1 is 1.21 bits per heavy atom. The number of alkyl halides is 3. The Morgan fingerprint density at radius 3 is 2.42 bits per heavy atom. The average molecular weight is 335 g/mol. The van der Waals surface area contributed by atoms with Crippen LogP contribution in [0.1, 0.15) is 41.5 Å². The molecular weight excluding hydrogens is 319 g/mol. The van der Waals surface area contributed by atoms with E-state index in [-0.39, 0.29) is 17.4 Å². The van der Waals surface area contributed by atoms with Gasteiger partial charge in [0.2, 0.25) is 5.82 Å². The summed E-state index contributed by atoms with van der Waals surface area (Å²) in [5.41, 5.74) is 1.91. The van der Waals surface area contributed by atoms with E-state index >= 15 is 0 Å². The Labute approximate surface area is 137 Å². The standard InChI is InChI=1S/C17H16F3N3O/c1-10(2)13-9-23(14-6-4-3-5-12(13)14)15(24)11-7-21-16(22-8-11)17(18,19)20/h3-8,10,13H,9H2,1-2H3/t13-/m1/s1. The Kier molecular flexibility index (Phi) is 4.03. The number of rotatable bonds is 2. The highest BCUT2D eigenvalue weighted by Gasteiger charge is 2.36. The van der Waals surface area contributed by atoms with Gasteiger partial charge in [-0.05, 0) is 17.5 Å². The van der Waals surface area contributed by atoms with Crippen LogP contribution in [-0.2, 0) is 6.18 Å². The maximum atomic E-state index is 12.7. The van der Waals surface area contributed by atoms with Crippen molar-refractivity contribution in [1.82, 2.24) is 9.97 Å². The SMILES string of the molecule is CC(C)[C@H]1CN(C(=O)c2cnc(C(F)(F)F)nc2)c2ccccc21. The van der Waals surface area contributed by atoms with Crippen molar-refractivity contribution >= 4 is 11.6 Å². The highest BCUT2D eigenvalue weighted by atomic mass is 19.4. The van der Waals surface area contributed by atoms with Crippen LogP contribution < -0.4 is 4.90 Å². The van der Waals surface area contributed by atoms with Gasteiger partial charge in [-0.3, -0.25) is 4.79 Å². The molecule has 1 aliphatic rings. The second-order valence-electron chi connectivity index (χ2n) is 6.12. The molecule has 126 valence electrons. The highest BCUT2D eigenvalue weighted by molar-refractivity contribution is 6.07. The van der Waals surface area contributed by atoms with Crippen LogP contribution in [-0.4, -0.2) is 22.4 Å². The minimum atomic E-state index is -4.62. The Hall–Kier alpha value is -2.44. The van der Waals surface area contributed by atoms with Crippen LogP contribution in [0.2, 0.25) is 0 Å². The van der Waals surface area contributed by atoms with E-state index in [0.29, 0.717) is 12.5 Å². The van der Waals surface area contributed by atoms with Gasteiger partial charge in [-0.1, -0.05) is 32.0 Å². The van der Waals surface area contributed by atoms with E-state index < -0.39 is 12.0 Å². The molecule has 0 bridgehead atoms. The summed E-state index contributed by atoms with van der Waals surface area (Å²) < 4.78 is 37.6. The van der Waals surface area contributed by atoms with Gasteiger partial charge in [0.15, 0.2) is 0 Å². The Morgan fingerprint density at radius 2 is 1.83 bits per heavy atom. The van der Waals surface area contributed by atoms with E-state index in [1.165, 1.54) is 0 Å². The van der Waals surface area contributed by atoms with E-state index in [9.17, 15) is 18.0 Å². The van der Waals surface area contributed by atoms with Gasteiger partial charge in [0.05, 0.1) is 5.56 Å². The molecule has 7 heteroatoms. The smallest absolute Gasteiger partial charge is 0.307 e. The fourth-order valence-corrected chi connectivity index (χ4v) is 2.94. The molecule has 0 fully saturated rings. The van der Waals surface area contributed by atoms with Gasteiger partial charge in [-0.2, -0.15) is 13.2 Å². The van der Waals surface area contributed by atoms with E-state index in [4.69, 9.17) is 0 Å². The maximum Gasteiger partial charge on any atom is 0.451 e. The number of anilines is 1. The third kappa shape index (κ3) is 2.86. The van der Waals surface area contributed by atoms with Crippen molar-refractivity contribution in [3.63, 3.8) is 0 Å². The van der Waals surface area contributed by atoms with Gasteiger partial charge in [-0.15, -0.1) is 0 Å². The van der Waals surface area contributed by atoms with Crippen LogP contribution in [0.3, 0.4) is 0 Å². The molecule has 2 heterocycles. The second-order valence-corrected chi connectivity index (χ2v) is 6.12. The van der Waals surface area contributed by atoms with Gasteiger partial charge in [-0.25, -0.2) is 9.97 Å². The molecule has 24 heavy (non-hydrogen) atoms. The number of aromatic nitrogens is 2. The zero-order valence-electron chi connectivity index (χ0n) is 13.2. The van der Waals surface area contributed by atoms with Crippen LogP contribution in [0.5, 0.6) is 0 Å². The number of halogens is 3. The minimum Gasteiger partial charge on any atom is -0.307 e. The van der Waals surface area contributed by atoms with E-state index in [0.717, 1.165) is 23.6 Å². The molecule has 1 aromatic heterocycles. The summed E-state index contributed by atoms with van der Waals surface area (Å²) in [4.78, 5) is 20.8. The Balaban J connectivity index is 1.91. The molecule has 1 amide bonds. The zero-order chi connectivity index (χ0) is 17.5. The van der Waals surface area contributed by atoms with Gasteiger partial charge >= 0.3 is 6.18 Å². The van der Waals surface area contributed by atoms with Crippen LogP contribution in [0.4, 0.5) is 18.9 Å². The molecule has 0 aliphatic carbocycles. The van der Waals surface area contributed by atoms with E-state index in [2.05, 4.69) is 23.8 Å². The number of fused-ring (bicyclic) bond motifs is 1. The molecule has 1 aliphatic heterocycles. The third-order valence-corrected chi connectivity index (χ3v) is 4.21. The second kappa shape index (κ2) is 5.89. The number of para-hydroxylation sites is 1. The quantitative estimate of drug-likeness (QED) is 0.836. The summed E-state index contributed by atoms with van der Waals surface area (Å²) in [5.74, 6) is -1.10. The molecule has 3 rings (SSSR count). The van der Waals surface area contributed by atoms with Crippen molar-refractivity contribution < 1.29 is 18.0 Å². The van der Waals surface area contributed by atoms with Crippen molar-refractivity contribution in [1.29, 1.82) is 0 Å². The van der Waals surface area contributed by atoms with Crippen molar-refractivity contribution in [2.24, 2.45) is 5.92 Å². The van der Waals surface area contributed by atoms with Gasteiger partial charge < -0.3 is 4.90 Å². The molecular formula is C17H16F3N3O. The summed E-state index contributed by atoms with van der Waals surface area (Å²) in [7, 11) is 0. The lowest BCUT2D eigenvalue weighted by molar-refractivity contribution is -0.145. The number of hydrogen-bond donors (Lipinski definition) is 0. The van der Waals surface area contributed by atoms with Crippen molar-refractivity contribution in [3.8, 4) is 0 Å². The number of carbonyl (C=O) groups excluding carboxylic acids is 1. The lowest BCUT2D eigenvalue weighted by Gasteiger charge is -2.19. The number of carbonyl (C=O) groups is 1. The first kappa shape index (κ1) is 16.4. The molecule has 1 atom stereocenters. The first-order valence-corrected chi connectivity index (χ1v) is 7.59. The predicted octanol–water partition coefficient (Wildman–Crippen LogP) is 3.90. The van der Waals surface area contributed by atoms with E-state index in [1.807, 2.05) is 24.3 Å². The lowest BCUT2D eigenvalue weighted by Crippen LogP contribution is -2.31. The van der Waals surface area contributed by atoms with Crippen molar-refractivity contribution in [2.75, 3.05) is 11.4 Å². The van der Waals surface area contributed by atoms with Crippen molar-refractivity contribution in [3.05, 3.63) is 53.6 Å². The van der Waals surface area contributed by atoms with Crippen LogP contribution in [0.15, 0.2) is 36.7 Å². The Bertz CT molecular complexity index is 756. The molecule has 0 N–H and O–H groups in total. The maximum absolute atomic E-state index is 12.7. The molecule has 1 aromatic carbocycles. The highest BCUT2D eigenvalue weighted by Crippen LogP contribution is 2.40. The summed E-state index contributed by atoms with van der Waals surface area (Å²) >= 11 is 0. The lowest BCUT2D eigenvalue weighted by atomic mass is 9.90. The number of amides is 1. The number of hydrogen-bond acceptors (Lipinski definition) is 3. The van der Waals surface area contributed by atoms with Crippen LogP contribution >= 0.6 is 0 Å². The molecule has 2 aromatic rings. The van der Waals surface area contributed by atoms with E-state index in [1.54, 1.807) is 4.90 Å². The summed E-state index contributed by atoms with van der Waals surface area (Å²) in [5, 5.41) is 0. The first-order valence-electron chi connectivity index (χ1n) is 7.59. The summed E-state index contributed by atoms with van der Waals surface area (Å²) in [6, 6.07) is 7.59. The van der Waals surface area contributed by atoms with Crippen molar-refractivity contribution in [2.45, 2.75) is 25.9 Å². The monoisotopic (exact) mass is 335 g/mol. The topological polar surface area (TPSA) is 46.1 Å². The minimum absolute atomic E-state index is 0.0437. The number of nitrogens with zero attached hydrogens (tertiary/aromatic N) is 3. The van der Waals surface area contributed by atoms with Crippen LogP contribution in [0, 0.1) is 5.92 Å². The largest absolute Gasteiger partial charge is 0.451 e. The molecule has 0 radical (unpaired) electrons. The predicted molar refractivity (Wildman–Crippen MR) is 82.7 cm³/mol. The zero-order valence-corrected chi connectivity index (χ0v) is 13.2. The molecule has 0 saturated carbocycles. The average Bonchev–Trinajstić information content (AvgIpc) is 2.93. The summed E-state index contributed by atoms with van der Waals surface area (Å²) in [6.07, 6.45) is -2.75. The molecule has 0 unspecified atom stereocenters. The van der Waals surface area contributed by atoms with Gasteiger partial charge in [0.25, 0.3) is 5.91 Å². The number of benzene rings is 1. The summed E-state index contributed by atoms with van der Waals surface area (Å²) in [6.45, 7) is 4.66. The fourth-order valence-electron chi connectivity index (χ4n) is 2.94. The molecule has 0 spiro atoms. The van der Waals surface area contributed by atoms with Gasteiger partial charge in [0.1, 0.15) is 0 Å². The first-order chi connectivity index (χ1) is 11.3. The molecule has 4 nitrogen and oxygen atoms in total. The molecule has 0 saturated heterocycles. The fraction of sp³-hybridized carbons (Fsp3) is 0.353. The van der Waals surface area contributed by atoms with Gasteiger partial charge in [0, 0.05) is 30.5 Å². The normalized spacial score (nSPS) is 17.2.